The number of aliphatic hydroxyl groups is 1. The van der Waals surface area contributed by atoms with E-state index in [1.54, 1.807) is 12.1 Å². The molecule has 0 saturated heterocycles. The maximum absolute atomic E-state index is 13.4. The molecule has 0 radical (unpaired) electrons. The van der Waals surface area contributed by atoms with E-state index in [9.17, 15) is 8.78 Å². The van der Waals surface area contributed by atoms with Gasteiger partial charge in [-0.15, -0.1) is 0 Å². The van der Waals surface area contributed by atoms with Crippen molar-refractivity contribution in [2.75, 3.05) is 6.61 Å². The predicted molar refractivity (Wildman–Crippen MR) is 54.8 cm³/mol. The molecule has 0 bridgehead atoms. The Kier molecular flexibility index (Phi) is 2.35. The summed E-state index contributed by atoms with van der Waals surface area (Å²) in [5, 5.41) is 8.97. The Balaban J connectivity index is 2.31. The Morgan fingerprint density at radius 2 is 2.20 bits per heavy atom. The maximum Gasteiger partial charge on any atom is 0.265 e. The molecule has 1 aliphatic rings. The number of aliphatic hydroxyl groups excluding tert-OH is 1. The van der Waals surface area contributed by atoms with E-state index in [1.165, 1.54) is 13.1 Å². The van der Waals surface area contributed by atoms with E-state index in [0.717, 1.165) is 4.47 Å². The van der Waals surface area contributed by atoms with Gasteiger partial charge in [-0.3, -0.25) is 4.98 Å². The highest BCUT2D eigenvalue weighted by atomic mass is 79.9. The van der Waals surface area contributed by atoms with Gasteiger partial charge in [0.2, 0.25) is 0 Å². The van der Waals surface area contributed by atoms with Crippen LogP contribution >= 0.6 is 15.9 Å². The number of hydrogen-bond acceptors (Lipinski definition) is 2. The van der Waals surface area contributed by atoms with Gasteiger partial charge in [0, 0.05) is 10.7 Å². The third-order valence-electron chi connectivity index (χ3n) is 3.05. The van der Waals surface area contributed by atoms with Crippen molar-refractivity contribution in [3.05, 3.63) is 28.5 Å². The molecule has 1 aromatic rings. The molecule has 0 aliphatic heterocycles. The highest BCUT2D eigenvalue weighted by Crippen LogP contribution is 2.70. The van der Waals surface area contributed by atoms with Gasteiger partial charge in [0.15, 0.2) is 0 Å². The van der Waals surface area contributed by atoms with Crippen LogP contribution in [0.4, 0.5) is 8.78 Å². The molecule has 2 nitrogen and oxygen atoms in total. The molecule has 15 heavy (non-hydrogen) atoms. The summed E-state index contributed by atoms with van der Waals surface area (Å²) in [6.45, 7) is 0.851. The summed E-state index contributed by atoms with van der Waals surface area (Å²) in [7, 11) is 0. The molecular weight excluding hydrogens is 268 g/mol. The normalized spacial score (nSPS) is 32.7. The summed E-state index contributed by atoms with van der Waals surface area (Å²) in [6.07, 6.45) is 1.49. The fraction of sp³-hybridized carbons (Fsp3) is 0.500. The lowest BCUT2D eigenvalue weighted by Crippen LogP contribution is -2.10. The number of nitrogens with zero attached hydrogens (tertiary/aromatic N) is 1. The summed E-state index contributed by atoms with van der Waals surface area (Å²) in [6, 6.07) is 3.23. The SMILES string of the molecule is CC1(CO)C(c2ccc(Br)cn2)C1(F)F. The lowest BCUT2D eigenvalue weighted by atomic mass is 10.1. The second-order valence-corrected chi connectivity index (χ2v) is 4.95. The minimum absolute atomic E-state index is 0.333. The zero-order valence-corrected chi connectivity index (χ0v) is 9.63. The summed E-state index contributed by atoms with van der Waals surface area (Å²) in [5.74, 6) is -3.83. The van der Waals surface area contributed by atoms with Crippen molar-refractivity contribution in [1.29, 1.82) is 0 Å². The van der Waals surface area contributed by atoms with Crippen molar-refractivity contribution in [2.24, 2.45) is 5.41 Å². The van der Waals surface area contributed by atoms with Gasteiger partial charge >= 0.3 is 0 Å². The Labute approximate surface area is 94.5 Å². The number of aromatic nitrogens is 1. The Morgan fingerprint density at radius 1 is 1.53 bits per heavy atom. The molecule has 82 valence electrons. The van der Waals surface area contributed by atoms with Crippen LogP contribution in [0.2, 0.25) is 0 Å². The molecule has 1 aromatic heterocycles. The second-order valence-electron chi connectivity index (χ2n) is 4.03. The molecule has 2 unspecified atom stereocenters. The summed E-state index contributed by atoms with van der Waals surface area (Å²) >= 11 is 3.19. The smallest absolute Gasteiger partial charge is 0.265 e. The number of alkyl halides is 2. The third kappa shape index (κ3) is 1.40. The van der Waals surface area contributed by atoms with Crippen molar-refractivity contribution >= 4 is 15.9 Å². The van der Waals surface area contributed by atoms with Crippen molar-refractivity contribution in [3.63, 3.8) is 0 Å². The van der Waals surface area contributed by atoms with Crippen LogP contribution in [-0.2, 0) is 0 Å². The van der Waals surface area contributed by atoms with Crippen LogP contribution in [0.3, 0.4) is 0 Å². The van der Waals surface area contributed by atoms with Gasteiger partial charge in [0.25, 0.3) is 5.92 Å². The van der Waals surface area contributed by atoms with Crippen molar-refractivity contribution < 1.29 is 13.9 Å². The first-order valence-corrected chi connectivity index (χ1v) is 5.33. The van der Waals surface area contributed by atoms with Crippen LogP contribution in [0.5, 0.6) is 0 Å². The Morgan fingerprint density at radius 3 is 2.60 bits per heavy atom. The van der Waals surface area contributed by atoms with E-state index in [-0.39, 0.29) is 0 Å². The second kappa shape index (κ2) is 3.22. The quantitative estimate of drug-likeness (QED) is 0.902. The molecule has 1 heterocycles. The molecule has 1 fully saturated rings. The lowest BCUT2D eigenvalue weighted by Gasteiger charge is -2.03. The molecule has 2 rings (SSSR count). The predicted octanol–water partition coefficient (Wildman–Crippen LogP) is 2.58. The lowest BCUT2D eigenvalue weighted by molar-refractivity contribution is 0.0435. The van der Waals surface area contributed by atoms with Crippen molar-refractivity contribution in [3.8, 4) is 0 Å². The molecule has 0 spiro atoms. The van der Waals surface area contributed by atoms with Gasteiger partial charge < -0.3 is 5.11 Å². The molecular formula is C10H10BrF2NO. The van der Waals surface area contributed by atoms with E-state index in [0.29, 0.717) is 5.69 Å². The molecule has 1 aliphatic carbocycles. The van der Waals surface area contributed by atoms with Gasteiger partial charge in [-0.2, -0.15) is 0 Å². The average Bonchev–Trinajstić information content (AvgIpc) is 2.64. The van der Waals surface area contributed by atoms with Crippen LogP contribution in [-0.4, -0.2) is 22.6 Å². The maximum atomic E-state index is 13.4. The van der Waals surface area contributed by atoms with Gasteiger partial charge in [-0.1, -0.05) is 6.92 Å². The Hall–Kier alpha value is -0.550. The first-order chi connectivity index (χ1) is 6.93. The minimum Gasteiger partial charge on any atom is -0.396 e. The molecule has 5 heteroatoms. The first kappa shape index (κ1) is 11.0. The van der Waals surface area contributed by atoms with Crippen LogP contribution in [0.25, 0.3) is 0 Å². The third-order valence-corrected chi connectivity index (χ3v) is 3.52. The van der Waals surface area contributed by atoms with Gasteiger partial charge in [0.05, 0.1) is 23.6 Å². The minimum atomic E-state index is -2.86. The van der Waals surface area contributed by atoms with E-state index in [4.69, 9.17) is 5.11 Å². The molecule has 1 N–H and O–H groups in total. The highest BCUT2D eigenvalue weighted by Gasteiger charge is 2.78. The van der Waals surface area contributed by atoms with Crippen LogP contribution < -0.4 is 0 Å². The van der Waals surface area contributed by atoms with Gasteiger partial charge in [-0.05, 0) is 28.1 Å². The van der Waals surface area contributed by atoms with Gasteiger partial charge in [0.1, 0.15) is 0 Å². The van der Waals surface area contributed by atoms with Crippen LogP contribution in [0, 0.1) is 5.41 Å². The number of halogens is 3. The number of rotatable bonds is 2. The van der Waals surface area contributed by atoms with E-state index < -0.39 is 23.9 Å². The molecule has 0 aromatic carbocycles. The molecule has 1 saturated carbocycles. The average molecular weight is 278 g/mol. The fourth-order valence-electron chi connectivity index (χ4n) is 1.85. The van der Waals surface area contributed by atoms with E-state index in [2.05, 4.69) is 20.9 Å². The van der Waals surface area contributed by atoms with Crippen molar-refractivity contribution in [2.45, 2.75) is 18.8 Å². The monoisotopic (exact) mass is 277 g/mol. The van der Waals surface area contributed by atoms with Crippen molar-refractivity contribution in [1.82, 2.24) is 4.98 Å². The topological polar surface area (TPSA) is 33.1 Å². The van der Waals surface area contributed by atoms with E-state index >= 15 is 0 Å². The standard InChI is InChI=1S/C10H10BrF2NO/c1-9(5-15)8(10(9,12)13)7-3-2-6(11)4-14-7/h2-4,8,15H,5H2,1H3. The number of hydrogen-bond donors (Lipinski definition) is 1. The summed E-state index contributed by atoms with van der Waals surface area (Å²) < 4.78 is 27.6. The van der Waals surface area contributed by atoms with E-state index in [1.807, 2.05) is 0 Å². The zero-order valence-electron chi connectivity index (χ0n) is 8.04. The van der Waals surface area contributed by atoms with Crippen LogP contribution in [0.15, 0.2) is 22.8 Å². The molecule has 0 amide bonds. The number of pyridine rings is 1. The van der Waals surface area contributed by atoms with Crippen LogP contribution in [0.1, 0.15) is 18.5 Å². The fourth-order valence-corrected chi connectivity index (χ4v) is 2.08. The Bertz CT molecular complexity index is 382. The summed E-state index contributed by atoms with van der Waals surface area (Å²) in [4.78, 5) is 3.94. The zero-order chi connectivity index (χ0) is 11.3. The largest absolute Gasteiger partial charge is 0.396 e. The van der Waals surface area contributed by atoms with Gasteiger partial charge in [-0.25, -0.2) is 8.78 Å². The first-order valence-electron chi connectivity index (χ1n) is 4.53. The highest BCUT2D eigenvalue weighted by molar-refractivity contribution is 9.10. The molecule has 2 atom stereocenters. The summed E-state index contributed by atoms with van der Waals surface area (Å²) in [5.41, 5.74) is -1.02.